The number of benzene rings is 2. The number of nitrogens with zero attached hydrogens (tertiary/aromatic N) is 1. The summed E-state index contributed by atoms with van der Waals surface area (Å²) in [5.74, 6) is 0.867. The lowest BCUT2D eigenvalue weighted by molar-refractivity contribution is -0.384. The highest BCUT2D eigenvalue weighted by Gasteiger charge is 2.08. The predicted molar refractivity (Wildman–Crippen MR) is 86.5 cm³/mol. The number of carbonyl (C=O) groups is 1. The molecule has 0 aliphatic heterocycles. The van der Waals surface area contributed by atoms with Crippen molar-refractivity contribution < 1.29 is 23.9 Å². The van der Waals surface area contributed by atoms with Crippen LogP contribution in [0.25, 0.3) is 0 Å². The van der Waals surface area contributed by atoms with E-state index in [1.54, 1.807) is 24.3 Å². The smallest absolute Gasteiger partial charge is 0.349 e. The van der Waals surface area contributed by atoms with Crippen molar-refractivity contribution in [2.45, 2.75) is 13.3 Å². The highest BCUT2D eigenvalue weighted by molar-refractivity contribution is 5.74. The van der Waals surface area contributed by atoms with Gasteiger partial charge in [-0.05, 0) is 42.8 Å². The lowest BCUT2D eigenvalue weighted by atomic mass is 10.3. The van der Waals surface area contributed by atoms with Gasteiger partial charge in [0.2, 0.25) is 0 Å². The third kappa shape index (κ3) is 5.28. The van der Waals surface area contributed by atoms with Gasteiger partial charge in [-0.2, -0.15) is 0 Å². The number of ether oxygens (including phenoxy) is 3. The molecular weight excluding hydrogens is 314 g/mol. The van der Waals surface area contributed by atoms with Crippen LogP contribution in [0.5, 0.6) is 17.2 Å². The van der Waals surface area contributed by atoms with E-state index in [0.29, 0.717) is 23.9 Å². The van der Waals surface area contributed by atoms with E-state index in [9.17, 15) is 14.9 Å². The molecule has 0 aliphatic rings. The largest absolute Gasteiger partial charge is 0.494 e. The quantitative estimate of drug-likeness (QED) is 0.319. The summed E-state index contributed by atoms with van der Waals surface area (Å²) in [6.45, 7) is 2.34. The number of esters is 1. The zero-order chi connectivity index (χ0) is 17.4. The molecule has 0 aromatic heterocycles. The maximum absolute atomic E-state index is 11.7. The van der Waals surface area contributed by atoms with Crippen molar-refractivity contribution in [1.82, 2.24) is 0 Å². The van der Waals surface area contributed by atoms with Crippen molar-refractivity contribution in [3.8, 4) is 17.2 Å². The Balaban J connectivity index is 1.81. The molecule has 0 aliphatic carbocycles. The van der Waals surface area contributed by atoms with Crippen LogP contribution in [0.1, 0.15) is 13.3 Å². The predicted octanol–water partition coefficient (Wildman–Crippen LogP) is 3.37. The lowest BCUT2D eigenvalue weighted by Gasteiger charge is -2.08. The van der Waals surface area contributed by atoms with Gasteiger partial charge in [0.25, 0.3) is 5.69 Å². The summed E-state index contributed by atoms with van der Waals surface area (Å²) in [6.07, 6.45) is 0.913. The standard InChI is InChI=1S/C17H17NO6/c1-2-11-22-14-7-9-16(10-8-14)24-17(19)12-23-15-5-3-13(4-6-15)18(20)21/h3-10H,2,11-12H2,1H3. The second-order valence-corrected chi connectivity index (χ2v) is 4.83. The SMILES string of the molecule is CCCOc1ccc(OC(=O)COc2ccc([N+](=O)[O-])cc2)cc1. The normalized spacial score (nSPS) is 10.0. The van der Waals surface area contributed by atoms with Gasteiger partial charge in [-0.15, -0.1) is 0 Å². The topological polar surface area (TPSA) is 87.9 Å². The lowest BCUT2D eigenvalue weighted by Crippen LogP contribution is -2.17. The van der Waals surface area contributed by atoms with E-state index in [-0.39, 0.29) is 12.3 Å². The van der Waals surface area contributed by atoms with E-state index in [2.05, 4.69) is 0 Å². The van der Waals surface area contributed by atoms with Gasteiger partial charge in [-0.3, -0.25) is 10.1 Å². The van der Waals surface area contributed by atoms with Crippen molar-refractivity contribution in [3.63, 3.8) is 0 Å². The molecule has 2 rings (SSSR count). The summed E-state index contributed by atoms with van der Waals surface area (Å²) in [6, 6.07) is 12.1. The third-order valence-corrected chi connectivity index (χ3v) is 2.93. The minimum absolute atomic E-state index is 0.0460. The van der Waals surface area contributed by atoms with Gasteiger partial charge in [0.15, 0.2) is 6.61 Å². The van der Waals surface area contributed by atoms with Crippen LogP contribution < -0.4 is 14.2 Å². The molecule has 0 unspecified atom stereocenters. The molecule has 0 N–H and O–H groups in total. The first kappa shape index (κ1) is 17.3. The number of nitro benzene ring substituents is 1. The van der Waals surface area contributed by atoms with Gasteiger partial charge in [-0.25, -0.2) is 4.79 Å². The average molecular weight is 331 g/mol. The highest BCUT2D eigenvalue weighted by atomic mass is 16.6. The number of rotatable bonds is 8. The van der Waals surface area contributed by atoms with Crippen LogP contribution in [0.4, 0.5) is 5.69 Å². The second kappa shape index (κ2) is 8.52. The summed E-state index contributed by atoms with van der Waals surface area (Å²) < 4.78 is 15.8. The zero-order valence-electron chi connectivity index (χ0n) is 13.1. The molecule has 0 atom stereocenters. The Kier molecular flexibility index (Phi) is 6.13. The summed E-state index contributed by atoms with van der Waals surface area (Å²) >= 11 is 0. The molecule has 0 fully saturated rings. The third-order valence-electron chi connectivity index (χ3n) is 2.93. The molecule has 0 radical (unpaired) electrons. The highest BCUT2D eigenvalue weighted by Crippen LogP contribution is 2.19. The molecule has 0 saturated heterocycles. The first-order chi connectivity index (χ1) is 11.6. The minimum atomic E-state index is -0.574. The van der Waals surface area contributed by atoms with E-state index in [1.807, 2.05) is 6.92 Å². The Morgan fingerprint density at radius 1 is 0.958 bits per heavy atom. The molecule has 2 aromatic carbocycles. The maximum atomic E-state index is 11.7. The number of hydrogen-bond donors (Lipinski definition) is 0. The molecule has 126 valence electrons. The van der Waals surface area contributed by atoms with Crippen LogP contribution in [0.15, 0.2) is 48.5 Å². The monoisotopic (exact) mass is 331 g/mol. The van der Waals surface area contributed by atoms with Crippen molar-refractivity contribution >= 4 is 11.7 Å². The van der Waals surface area contributed by atoms with Crippen molar-refractivity contribution in [1.29, 1.82) is 0 Å². The molecule has 0 amide bonds. The van der Waals surface area contributed by atoms with Crippen LogP contribution in [-0.4, -0.2) is 24.1 Å². The molecule has 24 heavy (non-hydrogen) atoms. The molecule has 0 bridgehead atoms. The number of non-ortho nitro benzene ring substituents is 1. The Morgan fingerprint density at radius 3 is 2.08 bits per heavy atom. The van der Waals surface area contributed by atoms with Gasteiger partial charge in [0.05, 0.1) is 11.5 Å². The van der Waals surface area contributed by atoms with E-state index < -0.39 is 10.9 Å². The Hall–Kier alpha value is -3.09. The fraction of sp³-hybridized carbons (Fsp3) is 0.235. The second-order valence-electron chi connectivity index (χ2n) is 4.83. The molecule has 2 aromatic rings. The van der Waals surface area contributed by atoms with Crippen molar-refractivity contribution in [2.75, 3.05) is 13.2 Å². The van der Waals surface area contributed by atoms with Crippen molar-refractivity contribution in [2.24, 2.45) is 0 Å². The molecule has 7 nitrogen and oxygen atoms in total. The first-order valence-corrected chi connectivity index (χ1v) is 7.39. The number of hydrogen-bond acceptors (Lipinski definition) is 6. The van der Waals surface area contributed by atoms with Gasteiger partial charge in [0, 0.05) is 12.1 Å². The van der Waals surface area contributed by atoms with Crippen LogP contribution >= 0.6 is 0 Å². The van der Waals surface area contributed by atoms with Crippen LogP contribution in [0, 0.1) is 10.1 Å². The molecule has 7 heteroatoms. The minimum Gasteiger partial charge on any atom is -0.494 e. The van der Waals surface area contributed by atoms with E-state index in [4.69, 9.17) is 14.2 Å². The summed E-state index contributed by atoms with van der Waals surface area (Å²) in [4.78, 5) is 21.8. The van der Waals surface area contributed by atoms with Gasteiger partial charge in [-0.1, -0.05) is 6.92 Å². The fourth-order valence-electron chi connectivity index (χ4n) is 1.79. The average Bonchev–Trinajstić information content (AvgIpc) is 2.59. The van der Waals surface area contributed by atoms with Crippen LogP contribution in [0.2, 0.25) is 0 Å². The van der Waals surface area contributed by atoms with Crippen LogP contribution in [0.3, 0.4) is 0 Å². The Labute approximate surface area is 138 Å². The summed E-state index contributed by atoms with van der Waals surface area (Å²) in [5, 5.41) is 10.5. The van der Waals surface area contributed by atoms with E-state index >= 15 is 0 Å². The van der Waals surface area contributed by atoms with Gasteiger partial charge < -0.3 is 14.2 Å². The molecule has 0 heterocycles. The van der Waals surface area contributed by atoms with E-state index in [0.717, 1.165) is 6.42 Å². The molecule has 0 spiro atoms. The zero-order valence-corrected chi connectivity index (χ0v) is 13.1. The molecular formula is C17H17NO6. The van der Waals surface area contributed by atoms with Crippen LogP contribution in [-0.2, 0) is 4.79 Å². The van der Waals surface area contributed by atoms with Gasteiger partial charge >= 0.3 is 5.97 Å². The number of carbonyl (C=O) groups excluding carboxylic acids is 1. The van der Waals surface area contributed by atoms with E-state index in [1.165, 1.54) is 24.3 Å². The summed E-state index contributed by atoms with van der Waals surface area (Å²) in [7, 11) is 0. The summed E-state index contributed by atoms with van der Waals surface area (Å²) in [5.41, 5.74) is -0.0460. The maximum Gasteiger partial charge on any atom is 0.349 e. The molecule has 0 saturated carbocycles. The fourth-order valence-corrected chi connectivity index (χ4v) is 1.79. The van der Waals surface area contributed by atoms with Crippen molar-refractivity contribution in [3.05, 3.63) is 58.6 Å². The Bertz CT molecular complexity index is 681. The first-order valence-electron chi connectivity index (χ1n) is 7.39. The number of nitro groups is 1. The Morgan fingerprint density at radius 2 is 1.50 bits per heavy atom. The van der Waals surface area contributed by atoms with Gasteiger partial charge in [0.1, 0.15) is 17.2 Å².